The zero-order valence-electron chi connectivity index (χ0n) is 66.2. The van der Waals surface area contributed by atoms with E-state index in [1.807, 2.05) is 18.2 Å². The van der Waals surface area contributed by atoms with Crippen LogP contribution in [0.1, 0.15) is 0 Å². The topological polar surface area (TPSA) is 41.6 Å². The number of fused-ring (bicyclic) bond motifs is 8. The monoisotopic (exact) mass is 1610 g/mol. The minimum absolute atomic E-state index is 0.906. The Balaban J connectivity index is 0.000000133. The molecule has 22 rings (SSSR count). The van der Waals surface area contributed by atoms with Crippen molar-refractivity contribution in [2.75, 3.05) is 10.2 Å². The highest BCUT2D eigenvalue weighted by molar-refractivity contribution is 9.10. The number of hydrogen-bond donors (Lipinski definition) is 1. The van der Waals surface area contributed by atoms with Crippen LogP contribution < -0.4 is 10.2 Å². The highest BCUT2D eigenvalue weighted by atomic mass is 79.9. The van der Waals surface area contributed by atoms with E-state index in [4.69, 9.17) is 8.83 Å². The Kier molecular flexibility index (Phi) is 20.7. The molecule has 4 nitrogen and oxygen atoms in total. The standard InChI is InChI=1S/C58H39NO.C42H29NO.C16H11Br/c1-3-13-40(14-4-1)41-27-33-48(34-28-41)59(50-37-31-45(32-38-50)52-22-10-18-43-17-7-8-21-51(43)52)49-35-29-42(30-36-49)46-19-9-20-47(39-46)54-24-12-26-56-55-25-11-23-53(57(55)60-58(54)56)44-15-5-2-6-16-44;1-3-10-29(11-4-1)30-20-24-35(25-21-30)43-36-26-22-31(23-27-36)33-14-7-15-34(28-33)38-17-9-19-40-39-18-8-16-37(41(39)44-42(38)40)32-12-5-2-6-13-32;17-14-10-8-13(9-11-14)16-7-3-5-12-4-1-2-6-15(12)16/h1-39H;1-28,43H;1-11H. The molecule has 0 atom stereocenters. The fraction of sp³-hybridized carbons (Fsp3) is 0. The van der Waals surface area contributed by atoms with Crippen molar-refractivity contribution >= 4 is 110 Å². The molecule has 0 unspecified atom stereocenters. The molecule has 0 spiro atoms. The normalized spacial score (nSPS) is 11.2. The maximum Gasteiger partial charge on any atom is 0.143 e. The molecule has 1 N–H and O–H groups in total. The smallest absolute Gasteiger partial charge is 0.143 e. The number of nitrogens with zero attached hydrogens (tertiary/aromatic N) is 1. The molecule has 121 heavy (non-hydrogen) atoms. The zero-order valence-corrected chi connectivity index (χ0v) is 67.8. The van der Waals surface area contributed by atoms with E-state index in [1.165, 1.54) is 77.2 Å². The SMILES string of the molecule is Brc1ccc(-c2cccc3ccccc23)cc1.c1ccc(-c2ccc(N(c3ccc(-c4cccc(-c5cccc6c5oc5c(-c7ccccc7)cccc56)c4)cc3)c3ccc(-c4cccc5ccccc45)cc3)cc2)cc1.c1ccc(-c2ccc(Nc3ccc(-c4cccc(-c5cccc6c5oc5c(-c7ccccc7)cccc56)c4)cc3)cc2)cc1. The van der Waals surface area contributed by atoms with Gasteiger partial charge in [0.25, 0.3) is 0 Å². The zero-order chi connectivity index (χ0) is 80.8. The highest BCUT2D eigenvalue weighted by Crippen LogP contribution is 2.45. The van der Waals surface area contributed by atoms with Crippen molar-refractivity contribution in [3.05, 3.63) is 478 Å². The Morgan fingerprint density at radius 1 is 0.174 bits per heavy atom. The predicted octanol–water partition coefficient (Wildman–Crippen LogP) is 33.8. The van der Waals surface area contributed by atoms with Crippen LogP contribution in [0.25, 0.3) is 177 Å². The minimum Gasteiger partial charge on any atom is -0.455 e. The lowest BCUT2D eigenvalue weighted by Crippen LogP contribution is -2.09. The van der Waals surface area contributed by atoms with Gasteiger partial charge in [-0.05, 0) is 195 Å². The van der Waals surface area contributed by atoms with Gasteiger partial charge in [0.05, 0.1) is 0 Å². The van der Waals surface area contributed by atoms with Crippen LogP contribution in [0.4, 0.5) is 28.4 Å². The van der Waals surface area contributed by atoms with Gasteiger partial charge in [0.2, 0.25) is 0 Å². The molecule has 0 aliphatic heterocycles. The maximum atomic E-state index is 6.77. The first kappa shape index (κ1) is 74.4. The van der Waals surface area contributed by atoms with Crippen LogP contribution in [-0.4, -0.2) is 0 Å². The summed E-state index contributed by atoms with van der Waals surface area (Å²) < 4.78 is 14.6. The van der Waals surface area contributed by atoms with Crippen LogP contribution in [0, 0.1) is 0 Å². The number of nitrogens with one attached hydrogen (secondary N) is 1. The molecular formula is C116H79BrN2O2. The van der Waals surface area contributed by atoms with E-state index in [0.717, 1.165) is 132 Å². The van der Waals surface area contributed by atoms with E-state index in [-0.39, 0.29) is 0 Å². The Bertz CT molecular complexity index is 7400. The van der Waals surface area contributed by atoms with E-state index in [1.54, 1.807) is 0 Å². The van der Waals surface area contributed by atoms with Crippen molar-refractivity contribution in [2.24, 2.45) is 0 Å². The third-order valence-electron chi connectivity index (χ3n) is 22.9. The Morgan fingerprint density at radius 3 is 0.777 bits per heavy atom. The van der Waals surface area contributed by atoms with E-state index >= 15 is 0 Å². The molecule has 2 heterocycles. The lowest BCUT2D eigenvalue weighted by atomic mass is 9.97. The number of benzene rings is 20. The van der Waals surface area contributed by atoms with Crippen LogP contribution in [0.15, 0.2) is 486 Å². The van der Waals surface area contributed by atoms with Gasteiger partial charge in [0.15, 0.2) is 0 Å². The maximum absolute atomic E-state index is 6.77. The average Bonchev–Trinajstić information content (AvgIpc) is 1.61. The molecule has 0 fully saturated rings. The summed E-state index contributed by atoms with van der Waals surface area (Å²) in [5.41, 5.74) is 32.4. The predicted molar refractivity (Wildman–Crippen MR) is 515 cm³/mol. The van der Waals surface area contributed by atoms with Crippen LogP contribution >= 0.6 is 15.9 Å². The third kappa shape index (κ3) is 15.5. The quantitative estimate of drug-likeness (QED) is 0.111. The molecule has 0 amide bonds. The summed E-state index contributed by atoms with van der Waals surface area (Å²) in [6.07, 6.45) is 0. The van der Waals surface area contributed by atoms with Crippen LogP contribution in [0.5, 0.6) is 0 Å². The first-order valence-electron chi connectivity index (χ1n) is 41.0. The first-order valence-corrected chi connectivity index (χ1v) is 41.8. The Hall–Kier alpha value is -15.4. The molecule has 0 saturated heterocycles. The van der Waals surface area contributed by atoms with Gasteiger partial charge >= 0.3 is 0 Å². The molecule has 20 aromatic carbocycles. The average molecular weight is 1610 g/mol. The molecule has 0 bridgehead atoms. The van der Waals surface area contributed by atoms with Gasteiger partial charge in [-0.3, -0.25) is 0 Å². The van der Waals surface area contributed by atoms with Gasteiger partial charge in [0.1, 0.15) is 22.3 Å². The lowest BCUT2D eigenvalue weighted by Gasteiger charge is -2.26. The first-order chi connectivity index (χ1) is 59.9. The Labute approximate surface area is 712 Å². The molecule has 22 aromatic rings. The summed E-state index contributed by atoms with van der Waals surface area (Å²) in [7, 11) is 0. The van der Waals surface area contributed by atoms with Crippen LogP contribution in [0.3, 0.4) is 0 Å². The number of para-hydroxylation sites is 4. The summed E-state index contributed by atoms with van der Waals surface area (Å²) in [6.45, 7) is 0. The molecule has 5 heteroatoms. The van der Waals surface area contributed by atoms with E-state index < -0.39 is 0 Å². The molecule has 0 saturated carbocycles. The summed E-state index contributed by atoms with van der Waals surface area (Å²) >= 11 is 3.47. The fourth-order valence-corrected chi connectivity index (χ4v) is 17.1. The second-order valence-electron chi connectivity index (χ2n) is 30.4. The third-order valence-corrected chi connectivity index (χ3v) is 23.5. The largest absolute Gasteiger partial charge is 0.455 e. The molecular weight excluding hydrogens is 1530 g/mol. The van der Waals surface area contributed by atoms with Gasteiger partial charge < -0.3 is 19.1 Å². The molecule has 0 aliphatic carbocycles. The molecule has 0 radical (unpaired) electrons. The van der Waals surface area contributed by atoms with E-state index in [2.05, 4.69) is 481 Å². The second-order valence-corrected chi connectivity index (χ2v) is 31.3. The van der Waals surface area contributed by atoms with Gasteiger partial charge in [-0.2, -0.15) is 0 Å². The number of rotatable bonds is 15. The van der Waals surface area contributed by atoms with Gasteiger partial charge in [-0.25, -0.2) is 0 Å². The summed E-state index contributed by atoms with van der Waals surface area (Å²) in [5.74, 6) is 0. The Morgan fingerprint density at radius 2 is 0.405 bits per heavy atom. The summed E-state index contributed by atoms with van der Waals surface area (Å²) in [5, 5.41) is 13.1. The van der Waals surface area contributed by atoms with Gasteiger partial charge in [-0.1, -0.05) is 404 Å². The van der Waals surface area contributed by atoms with Gasteiger partial charge in [-0.15, -0.1) is 0 Å². The van der Waals surface area contributed by atoms with Crippen molar-refractivity contribution in [1.29, 1.82) is 0 Å². The number of halogens is 1. The number of anilines is 5. The van der Waals surface area contributed by atoms with E-state index in [9.17, 15) is 0 Å². The highest BCUT2D eigenvalue weighted by Gasteiger charge is 2.21. The van der Waals surface area contributed by atoms with Crippen molar-refractivity contribution in [1.82, 2.24) is 0 Å². The van der Waals surface area contributed by atoms with E-state index in [0.29, 0.717) is 0 Å². The van der Waals surface area contributed by atoms with Crippen molar-refractivity contribution in [3.63, 3.8) is 0 Å². The number of furan rings is 2. The van der Waals surface area contributed by atoms with Crippen molar-refractivity contribution in [3.8, 4) is 111 Å². The molecule has 2 aromatic heterocycles. The van der Waals surface area contributed by atoms with Crippen LogP contribution in [0.2, 0.25) is 0 Å². The summed E-state index contributed by atoms with van der Waals surface area (Å²) in [6, 6.07) is 168. The molecule has 0 aliphatic rings. The van der Waals surface area contributed by atoms with Gasteiger partial charge in [0, 0.05) is 76.7 Å². The second kappa shape index (κ2) is 33.7. The van der Waals surface area contributed by atoms with Crippen LogP contribution in [-0.2, 0) is 0 Å². The lowest BCUT2D eigenvalue weighted by molar-refractivity contribution is 0.670. The minimum atomic E-state index is 0.906. The van der Waals surface area contributed by atoms with Crippen molar-refractivity contribution < 1.29 is 8.83 Å². The van der Waals surface area contributed by atoms with Crippen molar-refractivity contribution in [2.45, 2.75) is 0 Å². The molecule has 572 valence electrons. The fourth-order valence-electron chi connectivity index (χ4n) is 16.9. The summed E-state index contributed by atoms with van der Waals surface area (Å²) in [4.78, 5) is 2.34. The number of hydrogen-bond acceptors (Lipinski definition) is 4.